The monoisotopic (exact) mass is 461 g/mol. The molecule has 8 nitrogen and oxygen atoms in total. The van der Waals surface area contributed by atoms with Gasteiger partial charge in [0.05, 0.1) is 5.39 Å². The van der Waals surface area contributed by atoms with Gasteiger partial charge in [0.15, 0.2) is 0 Å². The normalized spacial score (nSPS) is 16.2. The van der Waals surface area contributed by atoms with Crippen LogP contribution in [0.3, 0.4) is 0 Å². The van der Waals surface area contributed by atoms with Gasteiger partial charge < -0.3 is 20.1 Å². The van der Waals surface area contributed by atoms with E-state index >= 15 is 0 Å². The molecule has 0 aliphatic carbocycles. The molecule has 0 unspecified atom stereocenters. The first kappa shape index (κ1) is 21.2. The number of hydrogen-bond donors (Lipinski definition) is 2. The average molecular weight is 462 g/mol. The lowest BCUT2D eigenvalue weighted by Gasteiger charge is -2.40. The highest BCUT2D eigenvalue weighted by atomic mass is 35.5. The molecular formula is C24H24ClN7O. The molecule has 0 spiro atoms. The third kappa shape index (κ3) is 4.47. The molecule has 1 aliphatic heterocycles. The Bertz CT molecular complexity index is 1260. The molecule has 1 aromatic carbocycles. The summed E-state index contributed by atoms with van der Waals surface area (Å²) < 4.78 is 0. The fourth-order valence-corrected chi connectivity index (χ4v) is 4.32. The number of piperazine rings is 1. The minimum Gasteiger partial charge on any atom is -0.352 e. The van der Waals surface area contributed by atoms with Crippen LogP contribution >= 0.6 is 11.6 Å². The molecule has 2 amide bonds. The number of pyridine rings is 1. The van der Waals surface area contributed by atoms with Gasteiger partial charge in [-0.15, -0.1) is 0 Å². The summed E-state index contributed by atoms with van der Waals surface area (Å²) in [5, 5.41) is 4.67. The quantitative estimate of drug-likeness (QED) is 0.477. The van der Waals surface area contributed by atoms with Crippen molar-refractivity contribution in [3.8, 4) is 11.3 Å². The SMILES string of the molecule is C[C@@H]1CN(c2ncnc3[nH]c(-c4ccncc4)cc23)CCN1C(=O)NCc1ccc(Cl)cc1. The van der Waals surface area contributed by atoms with Gasteiger partial charge in [-0.25, -0.2) is 14.8 Å². The second kappa shape index (κ2) is 9.07. The number of nitrogens with zero attached hydrogens (tertiary/aromatic N) is 5. The van der Waals surface area contributed by atoms with E-state index in [0.717, 1.165) is 33.7 Å². The Morgan fingerprint density at radius 3 is 2.70 bits per heavy atom. The molecule has 9 heteroatoms. The molecule has 5 rings (SSSR count). The summed E-state index contributed by atoms with van der Waals surface area (Å²) in [4.78, 5) is 33.4. The van der Waals surface area contributed by atoms with Crippen LogP contribution in [0.2, 0.25) is 5.02 Å². The number of benzene rings is 1. The number of halogens is 1. The van der Waals surface area contributed by atoms with Crippen molar-refractivity contribution >= 4 is 34.5 Å². The van der Waals surface area contributed by atoms with Crippen molar-refractivity contribution < 1.29 is 4.79 Å². The van der Waals surface area contributed by atoms with Gasteiger partial charge >= 0.3 is 6.03 Å². The van der Waals surface area contributed by atoms with Crippen LogP contribution in [0, 0.1) is 0 Å². The fourth-order valence-electron chi connectivity index (χ4n) is 4.20. The van der Waals surface area contributed by atoms with Gasteiger partial charge in [0.2, 0.25) is 0 Å². The number of amides is 2. The zero-order chi connectivity index (χ0) is 22.8. The van der Waals surface area contributed by atoms with Crippen LogP contribution in [0.1, 0.15) is 12.5 Å². The molecule has 1 atom stereocenters. The molecule has 4 heterocycles. The first-order valence-corrected chi connectivity index (χ1v) is 11.2. The molecule has 4 aromatic rings. The van der Waals surface area contributed by atoms with Crippen LogP contribution < -0.4 is 10.2 Å². The second-order valence-electron chi connectivity index (χ2n) is 8.15. The minimum atomic E-state index is -0.0634. The summed E-state index contributed by atoms with van der Waals surface area (Å²) >= 11 is 5.93. The smallest absolute Gasteiger partial charge is 0.318 e. The van der Waals surface area contributed by atoms with Crippen LogP contribution in [0.5, 0.6) is 0 Å². The second-order valence-corrected chi connectivity index (χ2v) is 8.59. The van der Waals surface area contributed by atoms with E-state index in [1.165, 1.54) is 0 Å². The third-order valence-corrected chi connectivity index (χ3v) is 6.19. The zero-order valence-electron chi connectivity index (χ0n) is 18.2. The van der Waals surface area contributed by atoms with Crippen LogP contribution in [-0.4, -0.2) is 56.5 Å². The highest BCUT2D eigenvalue weighted by molar-refractivity contribution is 6.30. The maximum absolute atomic E-state index is 12.8. The Morgan fingerprint density at radius 2 is 1.94 bits per heavy atom. The van der Waals surface area contributed by atoms with E-state index in [2.05, 4.69) is 43.1 Å². The van der Waals surface area contributed by atoms with Crippen LogP contribution in [0.4, 0.5) is 10.6 Å². The Labute approximate surface area is 196 Å². The average Bonchev–Trinajstić information content (AvgIpc) is 3.28. The van der Waals surface area contributed by atoms with E-state index in [4.69, 9.17) is 11.6 Å². The lowest BCUT2D eigenvalue weighted by molar-refractivity contribution is 0.171. The molecule has 0 saturated carbocycles. The van der Waals surface area contributed by atoms with Crippen molar-refractivity contribution in [3.05, 3.63) is 71.8 Å². The number of fused-ring (bicyclic) bond motifs is 1. The molecule has 0 radical (unpaired) electrons. The lowest BCUT2D eigenvalue weighted by atomic mass is 10.1. The Kier molecular flexibility index (Phi) is 5.83. The number of anilines is 1. The van der Waals surface area contributed by atoms with Crippen molar-refractivity contribution in [1.29, 1.82) is 0 Å². The molecule has 1 saturated heterocycles. The summed E-state index contributed by atoms with van der Waals surface area (Å²) in [5.74, 6) is 0.879. The fraction of sp³-hybridized carbons (Fsp3) is 0.250. The Morgan fingerprint density at radius 1 is 1.15 bits per heavy atom. The largest absolute Gasteiger partial charge is 0.352 e. The van der Waals surface area contributed by atoms with Crippen molar-refractivity contribution in [3.63, 3.8) is 0 Å². The number of hydrogen-bond acceptors (Lipinski definition) is 5. The summed E-state index contributed by atoms with van der Waals surface area (Å²) in [6.07, 6.45) is 5.12. The van der Waals surface area contributed by atoms with E-state index in [9.17, 15) is 4.79 Å². The van der Waals surface area contributed by atoms with Gasteiger partial charge in [-0.3, -0.25) is 4.98 Å². The topological polar surface area (TPSA) is 90.0 Å². The molecule has 1 aliphatic rings. The number of aromatic amines is 1. The summed E-state index contributed by atoms with van der Waals surface area (Å²) in [6, 6.07) is 13.5. The number of H-pyrrole nitrogens is 1. The first-order valence-electron chi connectivity index (χ1n) is 10.9. The van der Waals surface area contributed by atoms with Gasteiger partial charge in [-0.05, 0) is 42.8 Å². The highest BCUT2D eigenvalue weighted by Crippen LogP contribution is 2.29. The molecule has 2 N–H and O–H groups in total. The number of carbonyl (C=O) groups excluding carboxylic acids is 1. The van der Waals surface area contributed by atoms with Gasteiger partial charge in [0.25, 0.3) is 0 Å². The maximum Gasteiger partial charge on any atom is 0.318 e. The van der Waals surface area contributed by atoms with Gasteiger partial charge in [0.1, 0.15) is 17.8 Å². The summed E-state index contributed by atoms with van der Waals surface area (Å²) in [7, 11) is 0. The molecule has 3 aromatic heterocycles. The minimum absolute atomic E-state index is 0.0348. The maximum atomic E-state index is 12.8. The predicted octanol–water partition coefficient (Wildman–Crippen LogP) is 4.09. The number of urea groups is 1. The van der Waals surface area contributed by atoms with Gasteiger partial charge in [-0.2, -0.15) is 0 Å². The van der Waals surface area contributed by atoms with E-state index in [1.54, 1.807) is 18.7 Å². The van der Waals surface area contributed by atoms with E-state index < -0.39 is 0 Å². The van der Waals surface area contributed by atoms with Crippen molar-refractivity contribution in [2.45, 2.75) is 19.5 Å². The standard InChI is InChI=1S/C24H24ClN7O/c1-16-14-31(10-11-32(16)24(33)27-13-17-2-4-19(25)5-3-17)23-20-12-21(18-6-8-26-9-7-18)30-22(20)28-15-29-23/h2-9,12,15-16H,10-11,13-14H2,1H3,(H,27,33)(H,28,29,30)/t16-/m1/s1. The van der Waals surface area contributed by atoms with Crippen LogP contribution in [-0.2, 0) is 6.54 Å². The summed E-state index contributed by atoms with van der Waals surface area (Å²) in [5.41, 5.74) is 3.83. The Balaban J connectivity index is 1.28. The predicted molar refractivity (Wildman–Crippen MR) is 129 cm³/mol. The number of nitrogens with one attached hydrogen (secondary N) is 2. The molecular weight excluding hydrogens is 438 g/mol. The van der Waals surface area contributed by atoms with Crippen molar-refractivity contribution in [2.75, 3.05) is 24.5 Å². The van der Waals surface area contributed by atoms with Crippen LogP contribution in [0.15, 0.2) is 61.2 Å². The summed E-state index contributed by atoms with van der Waals surface area (Å²) in [6.45, 7) is 4.53. The third-order valence-electron chi connectivity index (χ3n) is 5.94. The lowest BCUT2D eigenvalue weighted by Crippen LogP contribution is -2.56. The molecule has 168 valence electrons. The number of carbonyl (C=O) groups is 1. The van der Waals surface area contributed by atoms with E-state index in [0.29, 0.717) is 31.2 Å². The van der Waals surface area contributed by atoms with E-state index in [-0.39, 0.29) is 12.1 Å². The number of rotatable bonds is 4. The van der Waals surface area contributed by atoms with Crippen molar-refractivity contribution in [2.24, 2.45) is 0 Å². The zero-order valence-corrected chi connectivity index (χ0v) is 19.0. The molecule has 1 fully saturated rings. The van der Waals surface area contributed by atoms with E-state index in [1.807, 2.05) is 41.3 Å². The first-order chi connectivity index (χ1) is 16.1. The van der Waals surface area contributed by atoms with Gasteiger partial charge in [-0.1, -0.05) is 23.7 Å². The van der Waals surface area contributed by atoms with Gasteiger partial charge in [0, 0.05) is 60.9 Å². The Hall–Kier alpha value is -3.65. The molecule has 33 heavy (non-hydrogen) atoms. The highest BCUT2D eigenvalue weighted by Gasteiger charge is 2.29. The number of aromatic nitrogens is 4. The molecule has 0 bridgehead atoms. The van der Waals surface area contributed by atoms with Crippen LogP contribution in [0.25, 0.3) is 22.3 Å². The van der Waals surface area contributed by atoms with Crippen molar-refractivity contribution in [1.82, 2.24) is 30.2 Å².